The Bertz CT molecular complexity index is 982. The number of hydrogen-bond donors (Lipinski definition) is 3. The molecule has 0 spiro atoms. The second-order valence-corrected chi connectivity index (χ2v) is 9.79. The van der Waals surface area contributed by atoms with Crippen molar-refractivity contribution < 1.29 is 24.2 Å². The van der Waals surface area contributed by atoms with Crippen LogP contribution in [0.2, 0.25) is 0 Å². The minimum Gasteiger partial charge on any atom is -0.481 e. The molecule has 0 aromatic heterocycles. The summed E-state index contributed by atoms with van der Waals surface area (Å²) >= 11 is 0. The number of carboxylic acids is 1. The fourth-order valence-electron chi connectivity index (χ4n) is 4.26. The topological polar surface area (TPSA) is 105 Å². The van der Waals surface area contributed by atoms with E-state index in [0.29, 0.717) is 6.42 Å². The van der Waals surface area contributed by atoms with E-state index in [2.05, 4.69) is 22.8 Å². The molecule has 3 rings (SSSR count). The zero-order chi connectivity index (χ0) is 24.2. The summed E-state index contributed by atoms with van der Waals surface area (Å²) in [6.45, 7) is 7.67. The highest BCUT2D eigenvalue weighted by Crippen LogP contribution is 2.44. The zero-order valence-corrected chi connectivity index (χ0v) is 19.6. The van der Waals surface area contributed by atoms with Crippen molar-refractivity contribution in [1.29, 1.82) is 0 Å². The van der Waals surface area contributed by atoms with Crippen LogP contribution in [0.15, 0.2) is 48.5 Å². The SMILES string of the molecule is C[C@@H](CC(=O)O)NC(=O)C(CC(C)(C)C)NC(=O)OCC1c2ccccc2-c2ccccc21. The van der Waals surface area contributed by atoms with Crippen molar-refractivity contribution in [2.45, 2.75) is 58.5 Å². The molecule has 1 aliphatic rings. The Hall–Kier alpha value is -3.35. The molecule has 1 aliphatic carbocycles. The molecular weight excluding hydrogens is 420 g/mol. The number of fused-ring (bicyclic) bond motifs is 3. The quantitative estimate of drug-likeness (QED) is 0.554. The number of aliphatic carboxylic acids is 1. The molecule has 2 aromatic carbocycles. The highest BCUT2D eigenvalue weighted by molar-refractivity contribution is 5.86. The van der Waals surface area contributed by atoms with Crippen LogP contribution in [0, 0.1) is 5.41 Å². The van der Waals surface area contributed by atoms with Crippen molar-refractivity contribution in [2.75, 3.05) is 6.61 Å². The van der Waals surface area contributed by atoms with Crippen LogP contribution in [0.4, 0.5) is 4.79 Å². The molecular formula is C26H32N2O5. The van der Waals surface area contributed by atoms with Crippen molar-refractivity contribution in [3.8, 4) is 11.1 Å². The van der Waals surface area contributed by atoms with Crippen molar-refractivity contribution in [2.24, 2.45) is 5.41 Å². The van der Waals surface area contributed by atoms with Gasteiger partial charge in [0.2, 0.25) is 5.91 Å². The number of ether oxygens (including phenoxy) is 1. The number of hydrogen-bond acceptors (Lipinski definition) is 4. The van der Waals surface area contributed by atoms with E-state index in [1.54, 1.807) is 6.92 Å². The van der Waals surface area contributed by atoms with Crippen LogP contribution in [0.3, 0.4) is 0 Å². The summed E-state index contributed by atoms with van der Waals surface area (Å²) in [6, 6.07) is 14.8. The summed E-state index contributed by atoms with van der Waals surface area (Å²) in [5.74, 6) is -1.50. The first-order valence-electron chi connectivity index (χ1n) is 11.2. The molecule has 0 bridgehead atoms. The first kappa shape index (κ1) is 24.3. The average molecular weight is 453 g/mol. The molecule has 7 heteroatoms. The standard InChI is InChI=1S/C26H32N2O5/c1-16(13-23(29)30)27-24(31)22(14-26(2,3)4)28-25(32)33-15-21-19-11-7-5-9-17(19)18-10-6-8-12-20(18)21/h5-12,16,21-22H,13-15H2,1-4H3,(H,27,31)(H,28,32)(H,29,30)/t16-,22?/m0/s1. The summed E-state index contributed by atoms with van der Waals surface area (Å²) in [5, 5.41) is 14.3. The van der Waals surface area contributed by atoms with Crippen LogP contribution in [0.25, 0.3) is 11.1 Å². The van der Waals surface area contributed by atoms with Gasteiger partial charge in [-0.1, -0.05) is 69.3 Å². The molecule has 2 amide bonds. The lowest BCUT2D eigenvalue weighted by Gasteiger charge is -2.27. The Morgan fingerprint density at radius 3 is 2.03 bits per heavy atom. The van der Waals surface area contributed by atoms with Crippen molar-refractivity contribution in [3.05, 3.63) is 59.7 Å². The number of carboxylic acid groups (broad SMARTS) is 1. The molecule has 3 N–H and O–H groups in total. The van der Waals surface area contributed by atoms with Gasteiger partial charge in [-0.05, 0) is 41.0 Å². The fraction of sp³-hybridized carbons (Fsp3) is 0.423. The molecule has 0 aliphatic heterocycles. The molecule has 0 heterocycles. The predicted octanol–water partition coefficient (Wildman–Crippen LogP) is 4.31. The maximum absolute atomic E-state index is 12.8. The van der Waals surface area contributed by atoms with Gasteiger partial charge in [0, 0.05) is 12.0 Å². The summed E-state index contributed by atoms with van der Waals surface area (Å²) in [4.78, 5) is 36.4. The number of alkyl carbamates (subject to hydrolysis) is 1. The molecule has 2 atom stereocenters. The van der Waals surface area contributed by atoms with E-state index >= 15 is 0 Å². The molecule has 0 saturated carbocycles. The Morgan fingerprint density at radius 1 is 0.970 bits per heavy atom. The first-order chi connectivity index (χ1) is 15.5. The van der Waals surface area contributed by atoms with E-state index in [0.717, 1.165) is 22.3 Å². The highest BCUT2D eigenvalue weighted by Gasteiger charge is 2.31. The van der Waals surface area contributed by atoms with Crippen molar-refractivity contribution >= 4 is 18.0 Å². The van der Waals surface area contributed by atoms with Crippen LogP contribution >= 0.6 is 0 Å². The fourth-order valence-corrected chi connectivity index (χ4v) is 4.26. The van der Waals surface area contributed by atoms with E-state index < -0.39 is 30.1 Å². The number of carbonyl (C=O) groups is 3. The number of carbonyl (C=O) groups excluding carboxylic acids is 2. The van der Waals surface area contributed by atoms with E-state index in [-0.39, 0.29) is 24.4 Å². The van der Waals surface area contributed by atoms with Gasteiger partial charge in [0.05, 0.1) is 6.42 Å². The average Bonchev–Trinajstić information content (AvgIpc) is 3.04. The van der Waals surface area contributed by atoms with Crippen LogP contribution in [-0.4, -0.2) is 41.8 Å². The van der Waals surface area contributed by atoms with Gasteiger partial charge in [0.1, 0.15) is 12.6 Å². The van der Waals surface area contributed by atoms with Gasteiger partial charge in [-0.25, -0.2) is 4.79 Å². The van der Waals surface area contributed by atoms with Crippen LogP contribution in [0.5, 0.6) is 0 Å². The minimum atomic E-state index is -1.00. The zero-order valence-electron chi connectivity index (χ0n) is 19.6. The monoisotopic (exact) mass is 452 g/mol. The smallest absolute Gasteiger partial charge is 0.407 e. The highest BCUT2D eigenvalue weighted by atomic mass is 16.5. The lowest BCUT2D eigenvalue weighted by atomic mass is 9.87. The maximum atomic E-state index is 12.8. The maximum Gasteiger partial charge on any atom is 0.407 e. The van der Waals surface area contributed by atoms with E-state index in [1.807, 2.05) is 57.2 Å². The second kappa shape index (κ2) is 10.1. The molecule has 0 saturated heterocycles. The molecule has 2 aromatic rings. The van der Waals surface area contributed by atoms with Gasteiger partial charge < -0.3 is 20.5 Å². The first-order valence-corrected chi connectivity index (χ1v) is 11.2. The summed E-state index contributed by atoms with van der Waals surface area (Å²) in [7, 11) is 0. The van der Waals surface area contributed by atoms with E-state index in [4.69, 9.17) is 9.84 Å². The Labute approximate surface area is 194 Å². The second-order valence-electron chi connectivity index (χ2n) is 9.79. The summed E-state index contributed by atoms with van der Waals surface area (Å²) in [5.41, 5.74) is 4.25. The van der Waals surface area contributed by atoms with Crippen LogP contribution < -0.4 is 10.6 Å². The van der Waals surface area contributed by atoms with Gasteiger partial charge in [-0.3, -0.25) is 9.59 Å². The predicted molar refractivity (Wildman–Crippen MR) is 126 cm³/mol. The van der Waals surface area contributed by atoms with Gasteiger partial charge in [0.15, 0.2) is 0 Å². The molecule has 7 nitrogen and oxygen atoms in total. The van der Waals surface area contributed by atoms with E-state index in [1.165, 1.54) is 0 Å². The van der Waals surface area contributed by atoms with Gasteiger partial charge in [-0.2, -0.15) is 0 Å². The van der Waals surface area contributed by atoms with Crippen LogP contribution in [-0.2, 0) is 14.3 Å². The van der Waals surface area contributed by atoms with Crippen molar-refractivity contribution in [3.63, 3.8) is 0 Å². The number of amides is 2. The molecule has 0 radical (unpaired) electrons. The number of rotatable bonds is 8. The third-order valence-corrected chi connectivity index (χ3v) is 5.64. The molecule has 1 unspecified atom stereocenters. The van der Waals surface area contributed by atoms with Gasteiger partial charge >= 0.3 is 12.1 Å². The van der Waals surface area contributed by atoms with Gasteiger partial charge in [-0.15, -0.1) is 0 Å². The molecule has 0 fully saturated rings. The third kappa shape index (κ3) is 6.34. The normalized spacial score (nSPS) is 14.5. The van der Waals surface area contributed by atoms with Crippen molar-refractivity contribution in [1.82, 2.24) is 10.6 Å². The Balaban J connectivity index is 1.67. The number of benzene rings is 2. The third-order valence-electron chi connectivity index (χ3n) is 5.64. The summed E-state index contributed by atoms with van der Waals surface area (Å²) in [6.07, 6.45) is -0.492. The van der Waals surface area contributed by atoms with Crippen LogP contribution in [0.1, 0.15) is 57.6 Å². The Kier molecular flexibility index (Phi) is 7.41. The van der Waals surface area contributed by atoms with E-state index in [9.17, 15) is 14.4 Å². The Morgan fingerprint density at radius 2 is 1.52 bits per heavy atom. The molecule has 33 heavy (non-hydrogen) atoms. The largest absolute Gasteiger partial charge is 0.481 e. The number of nitrogens with one attached hydrogen (secondary N) is 2. The van der Waals surface area contributed by atoms with Gasteiger partial charge in [0.25, 0.3) is 0 Å². The lowest BCUT2D eigenvalue weighted by Crippen LogP contribution is -2.51. The molecule has 176 valence electrons. The summed E-state index contributed by atoms with van der Waals surface area (Å²) < 4.78 is 5.58. The lowest BCUT2D eigenvalue weighted by molar-refractivity contribution is -0.137. The minimum absolute atomic E-state index is 0.0753.